The summed E-state index contributed by atoms with van der Waals surface area (Å²) < 4.78 is 0. The molecule has 1 aromatic rings. The quantitative estimate of drug-likeness (QED) is 0.529. The molecule has 11 heavy (non-hydrogen) atoms. The number of nitrogens with zero attached hydrogens (tertiary/aromatic N) is 1. The molecular formula is C5H3Cl2NO2S. The normalized spacial score (nSPS) is 10.1. The lowest BCUT2D eigenvalue weighted by Crippen LogP contribution is -1.82. The van der Waals surface area contributed by atoms with Gasteiger partial charge in [0.05, 0.1) is 9.95 Å². The topological polar surface area (TPSA) is 43.1 Å². The SMILES string of the molecule is Cc1sc([N+](=O)[O-])c(Cl)c1Cl. The van der Waals surface area contributed by atoms with E-state index in [1.54, 1.807) is 6.92 Å². The van der Waals surface area contributed by atoms with Gasteiger partial charge >= 0.3 is 5.00 Å². The van der Waals surface area contributed by atoms with Crippen molar-refractivity contribution in [1.82, 2.24) is 0 Å². The number of nitro groups is 1. The monoisotopic (exact) mass is 211 g/mol. The average Bonchev–Trinajstić information content (AvgIpc) is 2.17. The van der Waals surface area contributed by atoms with Gasteiger partial charge in [-0.2, -0.15) is 0 Å². The Balaban J connectivity index is 3.29. The molecule has 0 aliphatic carbocycles. The van der Waals surface area contributed by atoms with Crippen molar-refractivity contribution in [2.45, 2.75) is 6.92 Å². The maximum Gasteiger partial charge on any atom is 0.344 e. The highest BCUT2D eigenvalue weighted by Crippen LogP contribution is 2.41. The third-order valence-electron chi connectivity index (χ3n) is 1.11. The first-order valence-corrected chi connectivity index (χ1v) is 4.20. The van der Waals surface area contributed by atoms with Gasteiger partial charge in [-0.05, 0) is 6.92 Å². The standard InChI is InChI=1S/C5H3Cl2NO2S/c1-2-3(6)4(7)5(11-2)8(9)10/h1H3. The van der Waals surface area contributed by atoms with Crippen LogP contribution in [-0.2, 0) is 0 Å². The van der Waals surface area contributed by atoms with E-state index in [2.05, 4.69) is 0 Å². The zero-order chi connectivity index (χ0) is 8.59. The van der Waals surface area contributed by atoms with E-state index in [0.29, 0.717) is 4.88 Å². The second-order valence-electron chi connectivity index (χ2n) is 1.85. The Morgan fingerprint density at radius 1 is 1.45 bits per heavy atom. The Bertz CT molecular complexity index is 310. The van der Waals surface area contributed by atoms with Crippen LogP contribution in [0.3, 0.4) is 0 Å². The molecule has 0 bridgehead atoms. The lowest BCUT2D eigenvalue weighted by molar-refractivity contribution is -0.380. The average molecular weight is 212 g/mol. The third-order valence-corrected chi connectivity index (χ3v) is 3.32. The Morgan fingerprint density at radius 3 is 2.18 bits per heavy atom. The van der Waals surface area contributed by atoms with Crippen LogP contribution in [0.4, 0.5) is 5.00 Å². The summed E-state index contributed by atoms with van der Waals surface area (Å²) in [7, 11) is 0. The van der Waals surface area contributed by atoms with Crippen LogP contribution in [0.5, 0.6) is 0 Å². The molecule has 0 amide bonds. The molecule has 1 rings (SSSR count). The zero-order valence-corrected chi connectivity index (χ0v) is 7.76. The van der Waals surface area contributed by atoms with Gasteiger partial charge in [0.2, 0.25) is 0 Å². The van der Waals surface area contributed by atoms with Crippen LogP contribution in [0.1, 0.15) is 4.88 Å². The van der Waals surface area contributed by atoms with Gasteiger partial charge in [0.1, 0.15) is 5.02 Å². The van der Waals surface area contributed by atoms with Crippen molar-refractivity contribution in [2.75, 3.05) is 0 Å². The number of hydrogen-bond acceptors (Lipinski definition) is 3. The molecule has 0 radical (unpaired) electrons. The van der Waals surface area contributed by atoms with Gasteiger partial charge in [-0.3, -0.25) is 10.1 Å². The second-order valence-corrected chi connectivity index (χ2v) is 3.81. The summed E-state index contributed by atoms with van der Waals surface area (Å²) in [5.41, 5.74) is 0. The Labute approximate surface area is 76.7 Å². The lowest BCUT2D eigenvalue weighted by Gasteiger charge is -1.83. The maximum atomic E-state index is 10.3. The summed E-state index contributed by atoms with van der Waals surface area (Å²) in [6.45, 7) is 1.69. The van der Waals surface area contributed by atoms with E-state index in [4.69, 9.17) is 23.2 Å². The molecule has 0 spiro atoms. The van der Waals surface area contributed by atoms with Crippen molar-refractivity contribution in [3.8, 4) is 0 Å². The van der Waals surface area contributed by atoms with Crippen LogP contribution in [0, 0.1) is 17.0 Å². The number of rotatable bonds is 1. The summed E-state index contributed by atoms with van der Waals surface area (Å²) >= 11 is 12.1. The fourth-order valence-electron chi connectivity index (χ4n) is 0.600. The molecule has 1 aromatic heterocycles. The fraction of sp³-hybridized carbons (Fsp3) is 0.200. The predicted octanol–water partition coefficient (Wildman–Crippen LogP) is 3.27. The summed E-state index contributed by atoms with van der Waals surface area (Å²) in [6.07, 6.45) is 0. The molecular weight excluding hydrogens is 209 g/mol. The zero-order valence-electron chi connectivity index (χ0n) is 5.43. The summed E-state index contributed by atoms with van der Waals surface area (Å²) in [5.74, 6) is 0. The Morgan fingerprint density at radius 2 is 2.00 bits per heavy atom. The molecule has 0 fully saturated rings. The van der Waals surface area contributed by atoms with Crippen molar-refractivity contribution in [3.63, 3.8) is 0 Å². The highest BCUT2D eigenvalue weighted by atomic mass is 35.5. The van der Waals surface area contributed by atoms with Crippen molar-refractivity contribution in [1.29, 1.82) is 0 Å². The molecule has 3 nitrogen and oxygen atoms in total. The number of aryl methyl sites for hydroxylation is 1. The molecule has 60 valence electrons. The molecule has 0 N–H and O–H groups in total. The molecule has 0 aromatic carbocycles. The molecule has 0 atom stereocenters. The van der Waals surface area contributed by atoms with Crippen LogP contribution in [-0.4, -0.2) is 4.92 Å². The molecule has 0 saturated heterocycles. The van der Waals surface area contributed by atoms with E-state index in [-0.39, 0.29) is 15.0 Å². The number of thiophene rings is 1. The molecule has 0 aliphatic heterocycles. The van der Waals surface area contributed by atoms with Crippen LogP contribution in [0.2, 0.25) is 10.0 Å². The summed E-state index contributed by atoms with van der Waals surface area (Å²) in [4.78, 5) is 10.4. The molecule has 0 saturated carbocycles. The van der Waals surface area contributed by atoms with Crippen LogP contribution in [0.15, 0.2) is 0 Å². The maximum absolute atomic E-state index is 10.3. The van der Waals surface area contributed by atoms with Gasteiger partial charge in [-0.15, -0.1) is 0 Å². The molecule has 6 heteroatoms. The number of hydrogen-bond donors (Lipinski definition) is 0. The Hall–Kier alpha value is -0.320. The number of halogens is 2. The summed E-state index contributed by atoms with van der Waals surface area (Å²) in [5, 5.41) is 10.5. The first-order valence-electron chi connectivity index (χ1n) is 2.62. The largest absolute Gasteiger partial charge is 0.344 e. The highest BCUT2D eigenvalue weighted by Gasteiger charge is 2.20. The van der Waals surface area contributed by atoms with Crippen molar-refractivity contribution >= 4 is 39.5 Å². The van der Waals surface area contributed by atoms with Crippen molar-refractivity contribution < 1.29 is 4.92 Å². The fourth-order valence-corrected chi connectivity index (χ4v) is 1.99. The van der Waals surface area contributed by atoms with E-state index in [0.717, 1.165) is 11.3 Å². The van der Waals surface area contributed by atoms with E-state index < -0.39 is 4.92 Å². The third kappa shape index (κ3) is 1.47. The molecule has 0 aliphatic rings. The first-order chi connectivity index (χ1) is 5.04. The lowest BCUT2D eigenvalue weighted by atomic mass is 10.5. The van der Waals surface area contributed by atoms with E-state index in [9.17, 15) is 10.1 Å². The van der Waals surface area contributed by atoms with Crippen LogP contribution in [0.25, 0.3) is 0 Å². The van der Waals surface area contributed by atoms with E-state index in [1.807, 2.05) is 0 Å². The molecule has 1 heterocycles. The van der Waals surface area contributed by atoms with Gasteiger partial charge in [0.25, 0.3) is 0 Å². The van der Waals surface area contributed by atoms with Gasteiger partial charge in [-0.25, -0.2) is 0 Å². The van der Waals surface area contributed by atoms with Gasteiger partial charge < -0.3 is 0 Å². The van der Waals surface area contributed by atoms with Gasteiger partial charge in [0.15, 0.2) is 0 Å². The smallest absolute Gasteiger partial charge is 0.257 e. The minimum absolute atomic E-state index is 0.0409. The van der Waals surface area contributed by atoms with Gasteiger partial charge in [-0.1, -0.05) is 34.5 Å². The van der Waals surface area contributed by atoms with Crippen molar-refractivity contribution in [2.24, 2.45) is 0 Å². The minimum atomic E-state index is -0.536. The predicted molar refractivity (Wildman–Crippen MR) is 45.7 cm³/mol. The van der Waals surface area contributed by atoms with Crippen LogP contribution >= 0.6 is 34.5 Å². The first kappa shape index (κ1) is 8.77. The van der Waals surface area contributed by atoms with E-state index in [1.165, 1.54) is 0 Å². The highest BCUT2D eigenvalue weighted by molar-refractivity contribution is 7.16. The van der Waals surface area contributed by atoms with Crippen LogP contribution < -0.4 is 0 Å². The molecule has 0 unspecified atom stereocenters. The van der Waals surface area contributed by atoms with Crippen molar-refractivity contribution in [3.05, 3.63) is 25.0 Å². The second kappa shape index (κ2) is 2.97. The van der Waals surface area contributed by atoms with E-state index >= 15 is 0 Å². The van der Waals surface area contributed by atoms with Gasteiger partial charge in [0, 0.05) is 4.88 Å². The Kier molecular flexibility index (Phi) is 2.37. The minimum Gasteiger partial charge on any atom is -0.257 e. The summed E-state index contributed by atoms with van der Waals surface area (Å²) in [6, 6.07) is 0.